The number of hydrogen-bond donors (Lipinski definition) is 2. The summed E-state index contributed by atoms with van der Waals surface area (Å²) in [6.07, 6.45) is 0. The lowest BCUT2D eigenvalue weighted by molar-refractivity contribution is -0.117. The van der Waals surface area contributed by atoms with Crippen molar-refractivity contribution in [2.75, 3.05) is 11.9 Å². The van der Waals surface area contributed by atoms with E-state index in [1.54, 1.807) is 48.5 Å². The maximum Gasteiger partial charge on any atom is 0.242 e. The second-order valence-electron chi connectivity index (χ2n) is 6.65. The van der Waals surface area contributed by atoms with Crippen LogP contribution in [0.1, 0.15) is 13.8 Å². The summed E-state index contributed by atoms with van der Waals surface area (Å²) in [5, 5.41) is 2.72. The largest absolute Gasteiger partial charge is 0.494 e. The maximum absolute atomic E-state index is 12.7. The summed E-state index contributed by atoms with van der Waals surface area (Å²) in [6.45, 7) is 3.80. The Bertz CT molecular complexity index is 1120. The van der Waals surface area contributed by atoms with Crippen LogP contribution in [0.25, 0.3) is 0 Å². The zero-order valence-corrected chi connectivity index (χ0v) is 18.1. The normalized spacial score (nSPS) is 12.1. The van der Waals surface area contributed by atoms with Crippen molar-refractivity contribution in [1.29, 1.82) is 0 Å². The number of carbonyl (C=O) groups is 1. The van der Waals surface area contributed by atoms with Gasteiger partial charge >= 0.3 is 0 Å². The van der Waals surface area contributed by atoms with Gasteiger partial charge in [0, 0.05) is 0 Å². The molecule has 162 valence electrons. The number of amides is 1. The molecule has 0 unspecified atom stereocenters. The lowest BCUT2D eigenvalue weighted by Gasteiger charge is -2.16. The third-order valence-corrected chi connectivity index (χ3v) is 5.84. The summed E-state index contributed by atoms with van der Waals surface area (Å²) >= 11 is 0. The average molecular weight is 441 g/mol. The Balaban J connectivity index is 1.68. The summed E-state index contributed by atoms with van der Waals surface area (Å²) in [5.41, 5.74) is 0.434. The van der Waals surface area contributed by atoms with Gasteiger partial charge < -0.3 is 14.8 Å². The number of sulfonamides is 1. The molecule has 3 aromatic rings. The molecule has 0 saturated heterocycles. The lowest BCUT2D eigenvalue weighted by Crippen LogP contribution is -2.41. The third kappa shape index (κ3) is 6.07. The van der Waals surface area contributed by atoms with Crippen molar-refractivity contribution in [3.05, 3.63) is 78.9 Å². The van der Waals surface area contributed by atoms with Gasteiger partial charge in [0.05, 0.1) is 23.2 Å². The zero-order chi connectivity index (χ0) is 22.3. The fourth-order valence-corrected chi connectivity index (χ4v) is 3.95. The molecule has 0 aliphatic rings. The van der Waals surface area contributed by atoms with Gasteiger partial charge in [-0.05, 0) is 62.4 Å². The van der Waals surface area contributed by atoms with E-state index in [1.807, 2.05) is 25.1 Å². The molecular weight excluding hydrogens is 416 g/mol. The van der Waals surface area contributed by atoms with Gasteiger partial charge in [-0.25, -0.2) is 8.42 Å². The maximum atomic E-state index is 12.7. The van der Waals surface area contributed by atoms with Gasteiger partial charge in [0.15, 0.2) is 5.75 Å². The van der Waals surface area contributed by atoms with Gasteiger partial charge in [0.25, 0.3) is 0 Å². The van der Waals surface area contributed by atoms with Crippen LogP contribution in [0.2, 0.25) is 0 Å². The summed E-state index contributed by atoms with van der Waals surface area (Å²) in [5.74, 6) is 1.12. The number of ether oxygens (including phenoxy) is 2. The van der Waals surface area contributed by atoms with Gasteiger partial charge in [-0.2, -0.15) is 4.72 Å². The molecule has 8 heteroatoms. The summed E-state index contributed by atoms with van der Waals surface area (Å²) in [7, 11) is -3.88. The topological polar surface area (TPSA) is 93.7 Å². The Kier molecular flexibility index (Phi) is 7.28. The van der Waals surface area contributed by atoms with Crippen molar-refractivity contribution in [2.24, 2.45) is 0 Å². The molecular formula is C23H24N2O5S. The molecule has 3 aromatic carbocycles. The van der Waals surface area contributed by atoms with Crippen LogP contribution < -0.4 is 19.5 Å². The SMILES string of the molecule is CCOc1ccc(S(=O)(=O)N[C@@H](C)C(=O)Nc2ccccc2Oc2ccccc2)cc1. The van der Waals surface area contributed by atoms with E-state index in [-0.39, 0.29) is 4.90 Å². The molecule has 31 heavy (non-hydrogen) atoms. The molecule has 0 aliphatic carbocycles. The first-order valence-electron chi connectivity index (χ1n) is 9.77. The number of carbonyl (C=O) groups excluding carboxylic acids is 1. The molecule has 3 rings (SSSR count). The van der Waals surface area contributed by atoms with E-state index in [0.29, 0.717) is 29.5 Å². The molecule has 1 amide bonds. The van der Waals surface area contributed by atoms with Gasteiger partial charge in [-0.3, -0.25) is 4.79 Å². The number of hydrogen-bond acceptors (Lipinski definition) is 5. The highest BCUT2D eigenvalue weighted by Crippen LogP contribution is 2.29. The fraction of sp³-hybridized carbons (Fsp3) is 0.174. The van der Waals surface area contributed by atoms with E-state index in [9.17, 15) is 13.2 Å². The minimum atomic E-state index is -3.88. The van der Waals surface area contributed by atoms with Crippen LogP contribution >= 0.6 is 0 Å². The van der Waals surface area contributed by atoms with Crippen LogP contribution in [0.3, 0.4) is 0 Å². The van der Waals surface area contributed by atoms with Crippen molar-refractivity contribution in [3.8, 4) is 17.2 Å². The first kappa shape index (κ1) is 22.3. The van der Waals surface area contributed by atoms with E-state index < -0.39 is 22.0 Å². The van der Waals surface area contributed by atoms with Crippen LogP contribution in [0.5, 0.6) is 17.2 Å². The van der Waals surface area contributed by atoms with E-state index in [1.165, 1.54) is 19.1 Å². The quantitative estimate of drug-likeness (QED) is 0.521. The predicted molar refractivity (Wildman–Crippen MR) is 119 cm³/mol. The molecule has 0 radical (unpaired) electrons. The van der Waals surface area contributed by atoms with Gasteiger partial charge in [0.2, 0.25) is 15.9 Å². The average Bonchev–Trinajstić information content (AvgIpc) is 2.76. The first-order chi connectivity index (χ1) is 14.9. The Morgan fingerprint density at radius 3 is 2.23 bits per heavy atom. The van der Waals surface area contributed by atoms with Crippen LogP contribution in [0, 0.1) is 0 Å². The highest BCUT2D eigenvalue weighted by atomic mass is 32.2. The van der Waals surface area contributed by atoms with Crippen LogP contribution in [-0.4, -0.2) is 27.0 Å². The van der Waals surface area contributed by atoms with E-state index >= 15 is 0 Å². The monoisotopic (exact) mass is 440 g/mol. The summed E-state index contributed by atoms with van der Waals surface area (Å²) < 4.78 is 38.8. The molecule has 1 atom stereocenters. The highest BCUT2D eigenvalue weighted by Gasteiger charge is 2.23. The predicted octanol–water partition coefficient (Wildman–Crippen LogP) is 4.18. The van der Waals surface area contributed by atoms with Crippen molar-refractivity contribution in [2.45, 2.75) is 24.8 Å². The van der Waals surface area contributed by atoms with Crippen LogP contribution in [0.15, 0.2) is 83.8 Å². The van der Waals surface area contributed by atoms with Gasteiger partial charge in [-0.1, -0.05) is 30.3 Å². The number of anilines is 1. The third-order valence-electron chi connectivity index (χ3n) is 4.29. The van der Waals surface area contributed by atoms with Crippen molar-refractivity contribution >= 4 is 21.6 Å². The van der Waals surface area contributed by atoms with Crippen molar-refractivity contribution in [1.82, 2.24) is 4.72 Å². The first-order valence-corrected chi connectivity index (χ1v) is 11.3. The Morgan fingerprint density at radius 1 is 0.903 bits per heavy atom. The van der Waals surface area contributed by atoms with Gasteiger partial charge in [0.1, 0.15) is 11.5 Å². The number of benzene rings is 3. The van der Waals surface area contributed by atoms with Crippen molar-refractivity contribution < 1.29 is 22.7 Å². The molecule has 0 fully saturated rings. The molecule has 0 heterocycles. The molecule has 2 N–H and O–H groups in total. The summed E-state index contributed by atoms with van der Waals surface area (Å²) in [6, 6.07) is 21.1. The molecule has 0 saturated carbocycles. The second kappa shape index (κ2) is 10.1. The Hall–Kier alpha value is -3.36. The smallest absolute Gasteiger partial charge is 0.242 e. The zero-order valence-electron chi connectivity index (χ0n) is 17.2. The second-order valence-corrected chi connectivity index (χ2v) is 8.36. The highest BCUT2D eigenvalue weighted by molar-refractivity contribution is 7.89. The number of nitrogens with one attached hydrogen (secondary N) is 2. The molecule has 0 spiro atoms. The van der Waals surface area contributed by atoms with E-state index in [2.05, 4.69) is 10.0 Å². The van der Waals surface area contributed by atoms with Crippen LogP contribution in [0.4, 0.5) is 5.69 Å². The fourth-order valence-electron chi connectivity index (χ4n) is 2.75. The minimum Gasteiger partial charge on any atom is -0.494 e. The lowest BCUT2D eigenvalue weighted by atomic mass is 10.2. The standard InChI is InChI=1S/C23H24N2O5S/c1-3-29-18-13-15-20(16-14-18)31(27,28)25-17(2)23(26)24-21-11-7-8-12-22(21)30-19-9-5-4-6-10-19/h4-17,25H,3H2,1-2H3,(H,24,26)/t17-/m0/s1. The number of para-hydroxylation sites is 3. The Labute approximate surface area is 182 Å². The van der Waals surface area contributed by atoms with Crippen LogP contribution in [-0.2, 0) is 14.8 Å². The number of rotatable bonds is 9. The molecule has 0 bridgehead atoms. The van der Waals surface area contributed by atoms with Crippen molar-refractivity contribution in [3.63, 3.8) is 0 Å². The molecule has 7 nitrogen and oxygen atoms in total. The van der Waals surface area contributed by atoms with E-state index in [4.69, 9.17) is 9.47 Å². The minimum absolute atomic E-state index is 0.0448. The summed E-state index contributed by atoms with van der Waals surface area (Å²) in [4.78, 5) is 12.7. The van der Waals surface area contributed by atoms with Gasteiger partial charge in [-0.15, -0.1) is 0 Å². The Morgan fingerprint density at radius 2 is 1.55 bits per heavy atom. The molecule has 0 aromatic heterocycles. The van der Waals surface area contributed by atoms with E-state index in [0.717, 1.165) is 0 Å². The molecule has 0 aliphatic heterocycles.